The lowest BCUT2D eigenvalue weighted by molar-refractivity contribution is -0.123. The molecule has 1 saturated heterocycles. The second-order valence-electron chi connectivity index (χ2n) is 6.46. The zero-order chi connectivity index (χ0) is 14.3. The van der Waals surface area contributed by atoms with Gasteiger partial charge in [-0.25, -0.2) is 0 Å². The minimum Gasteiger partial charge on any atom is -0.350 e. The molecular weight excluding hydrogens is 238 g/mol. The van der Waals surface area contributed by atoms with E-state index in [0.717, 1.165) is 25.9 Å². The van der Waals surface area contributed by atoms with Crippen molar-refractivity contribution in [2.45, 2.75) is 64.5 Å². The molecule has 0 radical (unpaired) electrons. The van der Waals surface area contributed by atoms with E-state index in [1.165, 1.54) is 19.3 Å². The zero-order valence-corrected chi connectivity index (χ0v) is 13.1. The Morgan fingerprint density at radius 2 is 2.16 bits per heavy atom. The number of nitrogens with zero attached hydrogens (tertiary/aromatic N) is 1. The summed E-state index contributed by atoms with van der Waals surface area (Å²) in [5.74, 6) is 0.131. The van der Waals surface area contributed by atoms with E-state index in [2.05, 4.69) is 36.3 Å². The van der Waals surface area contributed by atoms with Crippen molar-refractivity contribution in [3.05, 3.63) is 0 Å². The number of rotatable bonds is 7. The lowest BCUT2D eigenvalue weighted by Crippen LogP contribution is -2.47. The van der Waals surface area contributed by atoms with Crippen LogP contribution >= 0.6 is 0 Å². The molecule has 112 valence electrons. The smallest absolute Gasteiger partial charge is 0.234 e. The molecule has 0 aromatic carbocycles. The van der Waals surface area contributed by atoms with Crippen molar-refractivity contribution in [3.63, 3.8) is 0 Å². The van der Waals surface area contributed by atoms with Gasteiger partial charge < -0.3 is 10.6 Å². The van der Waals surface area contributed by atoms with E-state index in [-0.39, 0.29) is 11.4 Å². The summed E-state index contributed by atoms with van der Waals surface area (Å²) in [5, 5.41) is 6.63. The van der Waals surface area contributed by atoms with Gasteiger partial charge >= 0.3 is 0 Å². The van der Waals surface area contributed by atoms with Crippen LogP contribution in [0.3, 0.4) is 0 Å². The summed E-state index contributed by atoms with van der Waals surface area (Å²) in [6.45, 7) is 8.86. The fourth-order valence-corrected chi connectivity index (χ4v) is 2.38. The molecule has 0 aliphatic carbocycles. The molecule has 2 N–H and O–H groups in total. The summed E-state index contributed by atoms with van der Waals surface area (Å²) in [4.78, 5) is 14.0. The number of nitrogens with one attached hydrogen (secondary N) is 2. The number of hydrogen-bond donors (Lipinski definition) is 2. The highest BCUT2D eigenvalue weighted by atomic mass is 16.2. The van der Waals surface area contributed by atoms with Crippen molar-refractivity contribution in [1.82, 2.24) is 15.5 Å². The number of carbonyl (C=O) groups is 1. The molecular formula is C15H31N3O. The minimum absolute atomic E-state index is 0.0944. The predicted molar refractivity (Wildman–Crippen MR) is 80.3 cm³/mol. The van der Waals surface area contributed by atoms with Crippen LogP contribution in [0.1, 0.15) is 52.9 Å². The second kappa shape index (κ2) is 7.85. The molecule has 1 aliphatic heterocycles. The molecule has 1 amide bonds. The third-order valence-corrected chi connectivity index (χ3v) is 4.05. The van der Waals surface area contributed by atoms with Gasteiger partial charge in [-0.1, -0.05) is 13.3 Å². The van der Waals surface area contributed by atoms with Crippen LogP contribution in [0.25, 0.3) is 0 Å². The largest absolute Gasteiger partial charge is 0.350 e. The summed E-state index contributed by atoms with van der Waals surface area (Å²) >= 11 is 0. The molecule has 1 rings (SSSR count). The molecule has 1 heterocycles. The number of carbonyl (C=O) groups excluding carboxylic acids is 1. The maximum atomic E-state index is 11.9. The van der Waals surface area contributed by atoms with Gasteiger partial charge in [0.25, 0.3) is 0 Å². The van der Waals surface area contributed by atoms with Gasteiger partial charge in [-0.3, -0.25) is 9.69 Å². The monoisotopic (exact) mass is 269 g/mol. The van der Waals surface area contributed by atoms with Crippen molar-refractivity contribution in [3.8, 4) is 0 Å². The normalized spacial score (nSPS) is 20.6. The number of piperidine rings is 1. The Labute approximate surface area is 118 Å². The lowest BCUT2D eigenvalue weighted by atomic mass is 10.0. The molecule has 1 fully saturated rings. The van der Waals surface area contributed by atoms with Crippen LogP contribution in [-0.4, -0.2) is 49.1 Å². The topological polar surface area (TPSA) is 44.4 Å². The zero-order valence-electron chi connectivity index (χ0n) is 13.1. The van der Waals surface area contributed by atoms with Crippen LogP contribution in [0.2, 0.25) is 0 Å². The third-order valence-electron chi connectivity index (χ3n) is 4.05. The Morgan fingerprint density at radius 1 is 1.42 bits per heavy atom. The van der Waals surface area contributed by atoms with Gasteiger partial charge in [0.2, 0.25) is 5.91 Å². The number of hydrogen-bond acceptors (Lipinski definition) is 3. The average Bonchev–Trinajstić information content (AvgIpc) is 2.37. The van der Waals surface area contributed by atoms with Crippen molar-refractivity contribution >= 4 is 5.91 Å². The Morgan fingerprint density at radius 3 is 2.74 bits per heavy atom. The van der Waals surface area contributed by atoms with E-state index in [1.54, 1.807) is 0 Å². The van der Waals surface area contributed by atoms with E-state index in [4.69, 9.17) is 0 Å². The van der Waals surface area contributed by atoms with Crippen molar-refractivity contribution in [2.24, 2.45) is 0 Å². The highest BCUT2D eigenvalue weighted by Gasteiger charge is 2.19. The highest BCUT2D eigenvalue weighted by molar-refractivity contribution is 5.78. The lowest BCUT2D eigenvalue weighted by Gasteiger charge is -2.28. The molecule has 0 spiro atoms. The second-order valence-corrected chi connectivity index (χ2v) is 6.46. The van der Waals surface area contributed by atoms with Crippen molar-refractivity contribution in [2.75, 3.05) is 26.7 Å². The molecule has 19 heavy (non-hydrogen) atoms. The summed E-state index contributed by atoms with van der Waals surface area (Å²) in [7, 11) is 2.03. The summed E-state index contributed by atoms with van der Waals surface area (Å²) in [6.07, 6.45) is 6.02. The summed E-state index contributed by atoms with van der Waals surface area (Å²) in [6, 6.07) is 0.645. The van der Waals surface area contributed by atoms with Crippen molar-refractivity contribution < 1.29 is 4.79 Å². The maximum absolute atomic E-state index is 11.9. The first-order valence-corrected chi connectivity index (χ1v) is 7.66. The van der Waals surface area contributed by atoms with E-state index in [1.807, 2.05) is 7.05 Å². The molecule has 0 bridgehead atoms. The maximum Gasteiger partial charge on any atom is 0.234 e. The molecule has 0 aromatic rings. The standard InChI is InChI=1S/C15H31N3O/c1-5-15(2,3)17-14(19)12-18(4)11-9-13-8-6-7-10-16-13/h13,16H,5-12H2,1-4H3,(H,17,19). The summed E-state index contributed by atoms with van der Waals surface area (Å²) < 4.78 is 0. The van der Waals surface area contributed by atoms with Gasteiger partial charge in [-0.15, -0.1) is 0 Å². The van der Waals surface area contributed by atoms with Crippen LogP contribution in [-0.2, 0) is 4.79 Å². The molecule has 4 heteroatoms. The van der Waals surface area contributed by atoms with Gasteiger partial charge in [-0.05, 0) is 59.7 Å². The van der Waals surface area contributed by atoms with Gasteiger partial charge in [-0.2, -0.15) is 0 Å². The quantitative estimate of drug-likeness (QED) is 0.740. The van der Waals surface area contributed by atoms with E-state index >= 15 is 0 Å². The fourth-order valence-electron chi connectivity index (χ4n) is 2.38. The first-order chi connectivity index (χ1) is 8.93. The fraction of sp³-hybridized carbons (Fsp3) is 0.933. The first kappa shape index (κ1) is 16.4. The van der Waals surface area contributed by atoms with Crippen LogP contribution < -0.4 is 10.6 Å². The van der Waals surface area contributed by atoms with E-state index in [9.17, 15) is 4.79 Å². The van der Waals surface area contributed by atoms with Crippen molar-refractivity contribution in [1.29, 1.82) is 0 Å². The molecule has 0 aromatic heterocycles. The minimum atomic E-state index is -0.0944. The van der Waals surface area contributed by atoms with Crippen LogP contribution in [0.5, 0.6) is 0 Å². The molecule has 4 nitrogen and oxygen atoms in total. The Bertz CT molecular complexity index is 273. The first-order valence-electron chi connectivity index (χ1n) is 7.66. The average molecular weight is 269 g/mol. The Hall–Kier alpha value is -0.610. The third kappa shape index (κ3) is 6.92. The number of likely N-dealkylation sites (N-methyl/N-ethyl adjacent to an activating group) is 1. The van der Waals surface area contributed by atoms with E-state index < -0.39 is 0 Å². The highest BCUT2D eigenvalue weighted by Crippen LogP contribution is 2.10. The van der Waals surface area contributed by atoms with Crippen LogP contribution in [0.15, 0.2) is 0 Å². The van der Waals surface area contributed by atoms with E-state index in [0.29, 0.717) is 12.6 Å². The SMILES string of the molecule is CCC(C)(C)NC(=O)CN(C)CCC1CCCCN1. The van der Waals surface area contributed by atoms with Gasteiger partial charge in [0.1, 0.15) is 0 Å². The van der Waals surface area contributed by atoms with Gasteiger partial charge in [0.15, 0.2) is 0 Å². The molecule has 1 unspecified atom stereocenters. The van der Waals surface area contributed by atoms with Crippen LogP contribution in [0, 0.1) is 0 Å². The predicted octanol–water partition coefficient (Wildman–Crippen LogP) is 1.76. The Kier molecular flexibility index (Phi) is 6.80. The summed E-state index contributed by atoms with van der Waals surface area (Å²) in [5.41, 5.74) is -0.0944. The molecule has 1 atom stereocenters. The molecule has 0 saturated carbocycles. The van der Waals surface area contributed by atoms with Crippen LogP contribution in [0.4, 0.5) is 0 Å². The molecule has 1 aliphatic rings. The van der Waals surface area contributed by atoms with Gasteiger partial charge in [0.05, 0.1) is 6.54 Å². The van der Waals surface area contributed by atoms with Gasteiger partial charge in [0, 0.05) is 11.6 Å². The number of amides is 1. The Balaban J connectivity index is 2.19.